The molecule has 128 valence electrons. The first kappa shape index (κ1) is 18.7. The van der Waals surface area contributed by atoms with Crippen LogP contribution in [0.5, 0.6) is 0 Å². The van der Waals surface area contributed by atoms with Crippen molar-refractivity contribution in [1.29, 1.82) is 0 Å². The van der Waals surface area contributed by atoms with Crippen molar-refractivity contribution in [3.05, 3.63) is 0 Å². The topological polar surface area (TPSA) is 84.7 Å². The van der Waals surface area contributed by atoms with Gasteiger partial charge in [-0.05, 0) is 47.5 Å². The quantitative estimate of drug-likeness (QED) is 0.831. The van der Waals surface area contributed by atoms with Gasteiger partial charge in [-0.15, -0.1) is 0 Å². The van der Waals surface area contributed by atoms with E-state index in [4.69, 9.17) is 10.5 Å². The second-order valence-corrected chi connectivity index (χ2v) is 7.21. The minimum Gasteiger partial charge on any atom is -0.444 e. The normalized spacial score (nSPS) is 22.3. The molecule has 2 amide bonds. The van der Waals surface area contributed by atoms with Crippen LogP contribution >= 0.6 is 0 Å². The molecule has 2 atom stereocenters. The van der Waals surface area contributed by atoms with Gasteiger partial charge in [0.1, 0.15) is 5.60 Å². The summed E-state index contributed by atoms with van der Waals surface area (Å²) in [7, 11) is 0. The van der Waals surface area contributed by atoms with E-state index in [1.54, 1.807) is 4.90 Å². The monoisotopic (exact) mass is 313 g/mol. The predicted molar refractivity (Wildman–Crippen MR) is 86.5 cm³/mol. The van der Waals surface area contributed by atoms with Crippen molar-refractivity contribution >= 4 is 12.0 Å². The Morgan fingerprint density at radius 1 is 1.27 bits per heavy atom. The smallest absolute Gasteiger partial charge is 0.410 e. The molecule has 0 aromatic carbocycles. The summed E-state index contributed by atoms with van der Waals surface area (Å²) in [5, 5.41) is 2.96. The van der Waals surface area contributed by atoms with Crippen molar-refractivity contribution in [3.63, 3.8) is 0 Å². The highest BCUT2D eigenvalue weighted by Gasteiger charge is 2.37. The molecule has 0 saturated heterocycles. The summed E-state index contributed by atoms with van der Waals surface area (Å²) >= 11 is 0. The van der Waals surface area contributed by atoms with Gasteiger partial charge < -0.3 is 20.7 Å². The van der Waals surface area contributed by atoms with Crippen LogP contribution in [-0.2, 0) is 9.53 Å². The van der Waals surface area contributed by atoms with Crippen LogP contribution in [0.1, 0.15) is 60.3 Å². The lowest BCUT2D eigenvalue weighted by molar-refractivity contribution is -0.121. The summed E-state index contributed by atoms with van der Waals surface area (Å²) in [6.07, 6.45) is 3.51. The number of carbonyl (C=O) groups excluding carboxylic acids is 2. The van der Waals surface area contributed by atoms with Crippen LogP contribution in [-0.4, -0.2) is 47.2 Å². The molecule has 2 unspecified atom stereocenters. The van der Waals surface area contributed by atoms with E-state index in [1.807, 2.05) is 34.6 Å². The molecule has 1 aliphatic carbocycles. The summed E-state index contributed by atoms with van der Waals surface area (Å²) in [5.74, 6) is -0.176. The molecule has 6 nitrogen and oxygen atoms in total. The molecule has 0 aromatic rings. The van der Waals surface area contributed by atoms with Gasteiger partial charge in [-0.25, -0.2) is 4.79 Å². The maximum Gasteiger partial charge on any atom is 0.410 e. The van der Waals surface area contributed by atoms with Gasteiger partial charge in [0.15, 0.2) is 0 Å². The molecule has 0 aliphatic heterocycles. The summed E-state index contributed by atoms with van der Waals surface area (Å²) in [6, 6.07) is -0.0888. The van der Waals surface area contributed by atoms with Crippen LogP contribution in [0, 0.1) is 0 Å². The Labute approximate surface area is 133 Å². The summed E-state index contributed by atoms with van der Waals surface area (Å²) < 4.78 is 5.54. The molecule has 1 aliphatic rings. The molecule has 1 rings (SSSR count). The summed E-state index contributed by atoms with van der Waals surface area (Å²) in [4.78, 5) is 26.0. The van der Waals surface area contributed by atoms with Gasteiger partial charge >= 0.3 is 6.09 Å². The second-order valence-electron chi connectivity index (χ2n) is 7.21. The number of nitrogens with one attached hydrogen (secondary N) is 1. The van der Waals surface area contributed by atoms with Gasteiger partial charge in [-0.2, -0.15) is 0 Å². The van der Waals surface area contributed by atoms with Crippen LogP contribution in [0.2, 0.25) is 0 Å². The zero-order chi connectivity index (χ0) is 16.9. The number of nitrogens with two attached hydrogens (primary N) is 1. The molecule has 1 fully saturated rings. The van der Waals surface area contributed by atoms with E-state index in [9.17, 15) is 9.59 Å². The third-order valence-corrected chi connectivity index (χ3v) is 3.78. The standard InChI is InChI=1S/C16H31N3O3/c1-11(2)19(15(21)22-16(3,4)5)13-9-7-6-8-12(13)18-14(20)10-17/h11-13H,6-10,17H2,1-5H3,(H,18,20). The number of ether oxygens (including phenoxy) is 1. The highest BCUT2D eigenvalue weighted by molar-refractivity contribution is 5.78. The lowest BCUT2D eigenvalue weighted by Crippen LogP contribution is -2.58. The number of hydrogen-bond donors (Lipinski definition) is 2. The van der Waals surface area contributed by atoms with E-state index >= 15 is 0 Å². The molecule has 22 heavy (non-hydrogen) atoms. The van der Waals surface area contributed by atoms with Crippen molar-refractivity contribution in [1.82, 2.24) is 10.2 Å². The summed E-state index contributed by atoms with van der Waals surface area (Å²) in [6.45, 7) is 9.49. The van der Waals surface area contributed by atoms with Crippen molar-refractivity contribution in [3.8, 4) is 0 Å². The highest BCUT2D eigenvalue weighted by Crippen LogP contribution is 2.26. The van der Waals surface area contributed by atoms with Gasteiger partial charge in [-0.1, -0.05) is 12.8 Å². The van der Waals surface area contributed by atoms with Gasteiger partial charge in [-0.3, -0.25) is 4.79 Å². The SMILES string of the molecule is CC(C)N(C(=O)OC(C)(C)C)C1CCCCC1NC(=O)CN. The number of hydrogen-bond acceptors (Lipinski definition) is 4. The Kier molecular flexibility index (Phi) is 6.66. The molecule has 0 aromatic heterocycles. The van der Waals surface area contributed by atoms with E-state index in [1.165, 1.54) is 0 Å². The van der Waals surface area contributed by atoms with Crippen LogP contribution in [0.3, 0.4) is 0 Å². The third-order valence-electron chi connectivity index (χ3n) is 3.78. The van der Waals surface area contributed by atoms with Gasteiger partial charge in [0.2, 0.25) is 5.91 Å². The fourth-order valence-corrected chi connectivity index (χ4v) is 2.92. The average Bonchev–Trinajstić information content (AvgIpc) is 2.38. The van der Waals surface area contributed by atoms with Crippen LogP contribution in [0.25, 0.3) is 0 Å². The molecule has 0 spiro atoms. The Bertz CT molecular complexity index is 391. The number of rotatable bonds is 4. The minimum atomic E-state index is -0.533. The predicted octanol–water partition coefficient (Wildman–Crippen LogP) is 2.02. The van der Waals surface area contributed by atoms with E-state index in [0.29, 0.717) is 0 Å². The number of amides is 2. The Morgan fingerprint density at radius 3 is 2.36 bits per heavy atom. The molecule has 3 N–H and O–H groups in total. The molecule has 0 heterocycles. The van der Waals surface area contributed by atoms with E-state index < -0.39 is 5.60 Å². The van der Waals surface area contributed by atoms with Crippen LogP contribution in [0.4, 0.5) is 4.79 Å². The van der Waals surface area contributed by atoms with Gasteiger partial charge in [0.25, 0.3) is 0 Å². The van der Waals surface area contributed by atoms with E-state index in [-0.39, 0.29) is 36.7 Å². The zero-order valence-corrected chi connectivity index (χ0v) is 14.5. The third kappa shape index (κ3) is 5.48. The minimum absolute atomic E-state index is 0.00947. The lowest BCUT2D eigenvalue weighted by atomic mass is 9.88. The Balaban J connectivity index is 2.90. The highest BCUT2D eigenvalue weighted by atomic mass is 16.6. The van der Waals surface area contributed by atoms with Crippen LogP contribution in [0.15, 0.2) is 0 Å². The number of carbonyl (C=O) groups is 2. The first-order valence-electron chi connectivity index (χ1n) is 8.16. The Hall–Kier alpha value is -1.30. The van der Waals surface area contributed by atoms with Crippen LogP contribution < -0.4 is 11.1 Å². The number of nitrogens with zero attached hydrogens (tertiary/aromatic N) is 1. The molecular formula is C16H31N3O3. The molecule has 6 heteroatoms. The lowest BCUT2D eigenvalue weighted by Gasteiger charge is -2.42. The molecule has 1 saturated carbocycles. The Morgan fingerprint density at radius 2 is 1.86 bits per heavy atom. The largest absolute Gasteiger partial charge is 0.444 e. The fraction of sp³-hybridized carbons (Fsp3) is 0.875. The first-order chi connectivity index (χ1) is 10.2. The van der Waals surface area contributed by atoms with Crippen molar-refractivity contribution < 1.29 is 14.3 Å². The van der Waals surface area contributed by atoms with Crippen molar-refractivity contribution in [2.24, 2.45) is 5.73 Å². The maximum atomic E-state index is 12.6. The zero-order valence-electron chi connectivity index (χ0n) is 14.5. The van der Waals surface area contributed by atoms with Gasteiger partial charge in [0, 0.05) is 12.1 Å². The van der Waals surface area contributed by atoms with E-state index in [0.717, 1.165) is 25.7 Å². The fourth-order valence-electron chi connectivity index (χ4n) is 2.92. The van der Waals surface area contributed by atoms with Gasteiger partial charge in [0.05, 0.1) is 12.6 Å². The molecule has 0 bridgehead atoms. The van der Waals surface area contributed by atoms with Crippen molar-refractivity contribution in [2.75, 3.05) is 6.54 Å². The molecular weight excluding hydrogens is 282 g/mol. The second kappa shape index (κ2) is 7.81. The molecule has 0 radical (unpaired) electrons. The van der Waals surface area contributed by atoms with E-state index in [2.05, 4.69) is 5.32 Å². The van der Waals surface area contributed by atoms with Crippen molar-refractivity contribution in [2.45, 2.75) is 84.0 Å². The maximum absolute atomic E-state index is 12.6. The first-order valence-corrected chi connectivity index (χ1v) is 8.16. The summed E-state index contributed by atoms with van der Waals surface area (Å²) in [5.41, 5.74) is 4.86. The average molecular weight is 313 g/mol.